The molecule has 4 nitrogen and oxygen atoms in total. The lowest BCUT2D eigenvalue weighted by Gasteiger charge is -2.03. The number of halogens is 2. The number of rotatable bonds is 5. The third-order valence-corrected chi connectivity index (χ3v) is 3.60. The minimum Gasteiger partial charge on any atom is -0.454 e. The first-order valence-electron chi connectivity index (χ1n) is 7.72. The highest BCUT2D eigenvalue weighted by Gasteiger charge is 2.11. The fraction of sp³-hybridized carbons (Fsp3) is 0.0500. The van der Waals surface area contributed by atoms with E-state index < -0.39 is 30.0 Å². The lowest BCUT2D eigenvalue weighted by Crippen LogP contribution is -2.13. The van der Waals surface area contributed by atoms with E-state index in [1.807, 2.05) is 30.3 Å². The highest BCUT2D eigenvalue weighted by atomic mass is 19.2. The number of ether oxygens (including phenoxy) is 1. The summed E-state index contributed by atoms with van der Waals surface area (Å²) in [5, 5.41) is 0.976. The first kappa shape index (κ1) is 17.4. The van der Waals surface area contributed by atoms with Crippen LogP contribution in [-0.2, 0) is 9.53 Å². The summed E-state index contributed by atoms with van der Waals surface area (Å²) in [6, 6.07) is 13.9. The lowest BCUT2D eigenvalue weighted by atomic mass is 10.1. The van der Waals surface area contributed by atoms with Crippen LogP contribution in [0.25, 0.3) is 17.0 Å². The monoisotopic (exact) mass is 353 g/mol. The van der Waals surface area contributed by atoms with Crippen molar-refractivity contribution in [1.29, 1.82) is 0 Å². The summed E-state index contributed by atoms with van der Waals surface area (Å²) in [5.74, 6) is -3.56. The van der Waals surface area contributed by atoms with Crippen LogP contribution in [0.2, 0.25) is 0 Å². The zero-order chi connectivity index (χ0) is 18.5. The van der Waals surface area contributed by atoms with Crippen LogP contribution in [0.3, 0.4) is 0 Å². The van der Waals surface area contributed by atoms with Gasteiger partial charge in [0.1, 0.15) is 0 Å². The van der Waals surface area contributed by atoms with E-state index in [2.05, 4.69) is 4.98 Å². The van der Waals surface area contributed by atoms with Gasteiger partial charge in [-0.15, -0.1) is 0 Å². The number of hydrogen-bond donors (Lipinski definition) is 0. The smallest absolute Gasteiger partial charge is 0.331 e. The summed E-state index contributed by atoms with van der Waals surface area (Å²) in [5.41, 5.74) is 1.28. The molecule has 1 aromatic heterocycles. The molecule has 0 unspecified atom stereocenters. The molecular formula is C20H13F2NO3. The second-order valence-corrected chi connectivity index (χ2v) is 5.42. The number of para-hydroxylation sites is 1. The molecule has 0 atom stereocenters. The van der Waals surface area contributed by atoms with Gasteiger partial charge < -0.3 is 4.74 Å². The normalized spacial score (nSPS) is 11.0. The second kappa shape index (κ2) is 7.65. The van der Waals surface area contributed by atoms with Gasteiger partial charge in [0.15, 0.2) is 24.0 Å². The van der Waals surface area contributed by atoms with E-state index in [4.69, 9.17) is 4.74 Å². The zero-order valence-electron chi connectivity index (χ0n) is 13.5. The quantitative estimate of drug-likeness (QED) is 0.396. The van der Waals surface area contributed by atoms with Crippen LogP contribution in [0.15, 0.2) is 60.7 Å². The zero-order valence-corrected chi connectivity index (χ0v) is 13.5. The molecule has 130 valence electrons. The van der Waals surface area contributed by atoms with Crippen LogP contribution in [0, 0.1) is 11.6 Å². The molecule has 2 aromatic carbocycles. The molecule has 0 bridgehead atoms. The Morgan fingerprint density at radius 2 is 1.81 bits per heavy atom. The Hall–Kier alpha value is -3.41. The molecule has 26 heavy (non-hydrogen) atoms. The lowest BCUT2D eigenvalue weighted by molar-refractivity contribution is -0.136. The number of Topliss-reactive ketones (excluding diaryl/α,β-unsaturated/α-hetero) is 1. The molecule has 0 amide bonds. The van der Waals surface area contributed by atoms with Crippen molar-refractivity contribution >= 4 is 28.7 Å². The van der Waals surface area contributed by atoms with Crippen LogP contribution in [-0.4, -0.2) is 23.3 Å². The molecule has 0 radical (unpaired) electrons. The van der Waals surface area contributed by atoms with Gasteiger partial charge in [0.05, 0.1) is 11.2 Å². The summed E-state index contributed by atoms with van der Waals surface area (Å²) in [4.78, 5) is 27.9. The van der Waals surface area contributed by atoms with E-state index in [0.717, 1.165) is 35.2 Å². The van der Waals surface area contributed by atoms with Crippen molar-refractivity contribution in [3.63, 3.8) is 0 Å². The highest BCUT2D eigenvalue weighted by Crippen LogP contribution is 2.13. The molecule has 0 aliphatic heterocycles. The van der Waals surface area contributed by atoms with Gasteiger partial charge in [0, 0.05) is 17.0 Å². The molecule has 0 aliphatic carbocycles. The van der Waals surface area contributed by atoms with Gasteiger partial charge in [-0.2, -0.15) is 0 Å². The highest BCUT2D eigenvalue weighted by molar-refractivity contribution is 5.98. The Bertz CT molecular complexity index is 1010. The topological polar surface area (TPSA) is 56.3 Å². The Kier molecular flexibility index (Phi) is 5.12. The molecule has 0 spiro atoms. The fourth-order valence-corrected chi connectivity index (χ4v) is 2.27. The number of benzene rings is 2. The van der Waals surface area contributed by atoms with Gasteiger partial charge in [0.25, 0.3) is 0 Å². The predicted molar refractivity (Wildman–Crippen MR) is 92.4 cm³/mol. The molecule has 0 saturated heterocycles. The van der Waals surface area contributed by atoms with E-state index in [9.17, 15) is 18.4 Å². The number of aromatic nitrogens is 1. The Balaban J connectivity index is 1.59. The largest absolute Gasteiger partial charge is 0.454 e. The van der Waals surface area contributed by atoms with Crippen LogP contribution >= 0.6 is 0 Å². The van der Waals surface area contributed by atoms with Crippen molar-refractivity contribution in [2.45, 2.75) is 0 Å². The third-order valence-electron chi connectivity index (χ3n) is 3.60. The number of fused-ring (bicyclic) bond motifs is 1. The van der Waals surface area contributed by atoms with Gasteiger partial charge in [-0.3, -0.25) is 4.79 Å². The van der Waals surface area contributed by atoms with Crippen molar-refractivity contribution < 1.29 is 23.1 Å². The average molecular weight is 353 g/mol. The number of ketones is 1. The van der Waals surface area contributed by atoms with Crippen LogP contribution in [0.1, 0.15) is 16.1 Å². The van der Waals surface area contributed by atoms with Gasteiger partial charge in [-0.05, 0) is 36.4 Å². The van der Waals surface area contributed by atoms with E-state index >= 15 is 0 Å². The minimum atomic E-state index is -1.13. The molecule has 1 heterocycles. The van der Waals surface area contributed by atoms with Gasteiger partial charge in [0.2, 0.25) is 0 Å². The molecule has 0 aliphatic rings. The summed E-state index contributed by atoms with van der Waals surface area (Å²) in [6.45, 7) is -0.570. The number of carbonyl (C=O) groups excluding carboxylic acids is 2. The van der Waals surface area contributed by atoms with E-state index in [1.54, 1.807) is 6.07 Å². The number of hydrogen-bond acceptors (Lipinski definition) is 4. The van der Waals surface area contributed by atoms with Gasteiger partial charge in [-0.25, -0.2) is 18.6 Å². The minimum absolute atomic E-state index is 0.0723. The maximum absolute atomic E-state index is 13.1. The number of pyridine rings is 1. The van der Waals surface area contributed by atoms with Crippen LogP contribution in [0.4, 0.5) is 8.78 Å². The van der Waals surface area contributed by atoms with E-state index in [1.165, 1.54) is 6.08 Å². The molecule has 6 heteroatoms. The van der Waals surface area contributed by atoms with E-state index in [-0.39, 0.29) is 5.56 Å². The third kappa shape index (κ3) is 4.16. The van der Waals surface area contributed by atoms with Crippen LogP contribution in [0.5, 0.6) is 0 Å². The van der Waals surface area contributed by atoms with Crippen LogP contribution < -0.4 is 0 Å². The van der Waals surface area contributed by atoms with Crippen molar-refractivity contribution in [2.75, 3.05) is 6.61 Å². The number of nitrogens with zero attached hydrogens (tertiary/aromatic N) is 1. The van der Waals surface area contributed by atoms with Gasteiger partial charge in [-0.1, -0.05) is 24.3 Å². The predicted octanol–water partition coefficient (Wildman–Crippen LogP) is 3.95. The summed E-state index contributed by atoms with van der Waals surface area (Å²) >= 11 is 0. The van der Waals surface area contributed by atoms with Crippen molar-refractivity contribution in [1.82, 2.24) is 4.98 Å². The molecule has 0 N–H and O–H groups in total. The molecule has 0 saturated carbocycles. The number of carbonyl (C=O) groups is 2. The van der Waals surface area contributed by atoms with Crippen molar-refractivity contribution in [3.05, 3.63) is 83.6 Å². The van der Waals surface area contributed by atoms with E-state index in [0.29, 0.717) is 5.69 Å². The first-order chi connectivity index (χ1) is 12.5. The molecule has 3 rings (SSSR count). The van der Waals surface area contributed by atoms with Crippen molar-refractivity contribution in [3.8, 4) is 0 Å². The summed E-state index contributed by atoms with van der Waals surface area (Å²) in [7, 11) is 0. The Labute approximate surface area is 147 Å². The molecular weight excluding hydrogens is 340 g/mol. The summed E-state index contributed by atoms with van der Waals surface area (Å²) in [6.07, 6.45) is 2.62. The second-order valence-electron chi connectivity index (χ2n) is 5.42. The number of esters is 1. The van der Waals surface area contributed by atoms with Crippen molar-refractivity contribution in [2.24, 2.45) is 0 Å². The summed E-state index contributed by atoms with van der Waals surface area (Å²) < 4.78 is 30.8. The molecule has 0 fully saturated rings. The SMILES string of the molecule is O=C(C=Cc1ccc2ccccc2n1)OCC(=O)c1ccc(F)c(F)c1. The Morgan fingerprint density at radius 1 is 1.00 bits per heavy atom. The Morgan fingerprint density at radius 3 is 2.62 bits per heavy atom. The fourth-order valence-electron chi connectivity index (χ4n) is 2.27. The average Bonchev–Trinajstić information content (AvgIpc) is 2.66. The first-order valence-corrected chi connectivity index (χ1v) is 7.72. The standard InChI is InChI=1S/C20H13F2NO3/c21-16-9-6-14(11-17(16)22)19(24)12-26-20(25)10-8-15-7-5-13-3-1-2-4-18(13)23-15/h1-11H,12H2. The van der Waals surface area contributed by atoms with Gasteiger partial charge >= 0.3 is 5.97 Å². The maximum atomic E-state index is 13.1. The molecule has 3 aromatic rings. The maximum Gasteiger partial charge on any atom is 0.331 e.